The van der Waals surface area contributed by atoms with Gasteiger partial charge in [0.2, 0.25) is 5.95 Å². The summed E-state index contributed by atoms with van der Waals surface area (Å²) in [6, 6.07) is 15.1. The normalized spacial score (nSPS) is 10.2. The molecular formula is C21H22N4O3. The van der Waals surface area contributed by atoms with Crippen LogP contribution < -0.4 is 20.1 Å². The van der Waals surface area contributed by atoms with Crippen LogP contribution in [0.1, 0.15) is 15.9 Å². The molecule has 0 saturated carbocycles. The zero-order chi connectivity index (χ0) is 19.8. The maximum atomic E-state index is 12.4. The summed E-state index contributed by atoms with van der Waals surface area (Å²) in [5.41, 5.74) is 2.14. The molecule has 1 amide bonds. The number of aromatic nitrogens is 2. The molecule has 1 heterocycles. The smallest absolute Gasteiger partial charge is 0.258 e. The van der Waals surface area contributed by atoms with Gasteiger partial charge in [0, 0.05) is 18.9 Å². The van der Waals surface area contributed by atoms with E-state index in [1.165, 1.54) is 18.0 Å². The Hall–Kier alpha value is -3.61. The molecule has 0 spiro atoms. The van der Waals surface area contributed by atoms with E-state index in [2.05, 4.69) is 20.6 Å². The average Bonchev–Trinajstić information content (AvgIpc) is 2.75. The number of benzene rings is 2. The standard InChI is InChI=1S/C21H22N4O3/c1-27-17-9-7-15(8-10-17)11-12-22-21-23-13-16(14-24-21)20(26)25-18-5-3-4-6-19(18)28-2/h3-10,13-14H,11-12H2,1-2H3,(H,25,26)(H,22,23,24). The van der Waals surface area contributed by atoms with Gasteiger partial charge in [-0.05, 0) is 36.2 Å². The van der Waals surface area contributed by atoms with E-state index < -0.39 is 0 Å². The molecule has 3 rings (SSSR count). The number of para-hydroxylation sites is 2. The summed E-state index contributed by atoms with van der Waals surface area (Å²) in [6.45, 7) is 0.680. The van der Waals surface area contributed by atoms with Crippen LogP contribution in [0.25, 0.3) is 0 Å². The predicted molar refractivity (Wildman–Crippen MR) is 108 cm³/mol. The Balaban J connectivity index is 1.53. The number of rotatable bonds is 8. The summed E-state index contributed by atoms with van der Waals surface area (Å²) in [5.74, 6) is 1.60. The Labute approximate surface area is 163 Å². The van der Waals surface area contributed by atoms with Crippen LogP contribution in [-0.2, 0) is 6.42 Å². The van der Waals surface area contributed by atoms with Crippen molar-refractivity contribution < 1.29 is 14.3 Å². The molecule has 0 aliphatic rings. The van der Waals surface area contributed by atoms with E-state index in [0.29, 0.717) is 29.5 Å². The van der Waals surface area contributed by atoms with Crippen molar-refractivity contribution in [2.45, 2.75) is 6.42 Å². The van der Waals surface area contributed by atoms with Crippen molar-refractivity contribution >= 4 is 17.5 Å². The fraction of sp³-hybridized carbons (Fsp3) is 0.190. The zero-order valence-corrected chi connectivity index (χ0v) is 15.8. The SMILES string of the molecule is COc1ccc(CCNc2ncc(C(=O)Nc3ccccc3OC)cn2)cc1. The molecule has 7 heteroatoms. The van der Waals surface area contributed by atoms with E-state index in [1.807, 2.05) is 36.4 Å². The highest BCUT2D eigenvalue weighted by Crippen LogP contribution is 2.23. The first kappa shape index (κ1) is 19.2. The Morgan fingerprint density at radius 2 is 1.68 bits per heavy atom. The van der Waals surface area contributed by atoms with Gasteiger partial charge in [-0.3, -0.25) is 4.79 Å². The number of nitrogens with zero attached hydrogens (tertiary/aromatic N) is 2. The Kier molecular flexibility index (Phi) is 6.41. The van der Waals surface area contributed by atoms with Gasteiger partial charge in [0.1, 0.15) is 11.5 Å². The Morgan fingerprint density at radius 1 is 0.964 bits per heavy atom. The van der Waals surface area contributed by atoms with Crippen molar-refractivity contribution in [3.63, 3.8) is 0 Å². The first-order valence-electron chi connectivity index (χ1n) is 8.83. The Morgan fingerprint density at radius 3 is 2.36 bits per heavy atom. The summed E-state index contributed by atoms with van der Waals surface area (Å²) in [6.07, 6.45) is 3.81. The number of amides is 1. The highest BCUT2D eigenvalue weighted by atomic mass is 16.5. The maximum Gasteiger partial charge on any atom is 0.258 e. The summed E-state index contributed by atoms with van der Waals surface area (Å²) in [5, 5.41) is 5.95. The number of nitrogens with one attached hydrogen (secondary N) is 2. The van der Waals surface area contributed by atoms with Gasteiger partial charge in [-0.1, -0.05) is 24.3 Å². The largest absolute Gasteiger partial charge is 0.497 e. The molecule has 144 valence electrons. The van der Waals surface area contributed by atoms with Gasteiger partial charge in [-0.25, -0.2) is 9.97 Å². The summed E-state index contributed by atoms with van der Waals surface area (Å²) in [7, 11) is 3.20. The van der Waals surface area contributed by atoms with Crippen molar-refractivity contribution in [1.82, 2.24) is 9.97 Å². The average molecular weight is 378 g/mol. The second kappa shape index (κ2) is 9.36. The second-order valence-corrected chi connectivity index (χ2v) is 5.97. The van der Waals surface area contributed by atoms with Gasteiger partial charge in [-0.15, -0.1) is 0 Å². The third-order valence-electron chi connectivity index (χ3n) is 4.13. The van der Waals surface area contributed by atoms with Crippen molar-refractivity contribution in [3.8, 4) is 11.5 Å². The third kappa shape index (κ3) is 4.97. The lowest BCUT2D eigenvalue weighted by Crippen LogP contribution is -2.14. The topological polar surface area (TPSA) is 85.4 Å². The van der Waals surface area contributed by atoms with Crippen LogP contribution in [0, 0.1) is 0 Å². The summed E-state index contributed by atoms with van der Waals surface area (Å²) in [4.78, 5) is 20.8. The molecule has 0 saturated heterocycles. The summed E-state index contributed by atoms with van der Waals surface area (Å²) >= 11 is 0. The minimum Gasteiger partial charge on any atom is -0.497 e. The molecule has 0 fully saturated rings. The lowest BCUT2D eigenvalue weighted by molar-refractivity contribution is 0.102. The van der Waals surface area contributed by atoms with E-state index in [1.54, 1.807) is 26.4 Å². The molecule has 0 unspecified atom stereocenters. The second-order valence-electron chi connectivity index (χ2n) is 5.97. The predicted octanol–water partition coefficient (Wildman–Crippen LogP) is 3.40. The molecule has 0 aliphatic carbocycles. The minimum atomic E-state index is -0.297. The number of anilines is 2. The van der Waals surface area contributed by atoms with Crippen molar-refractivity contribution in [1.29, 1.82) is 0 Å². The van der Waals surface area contributed by atoms with Gasteiger partial charge in [0.15, 0.2) is 0 Å². The molecule has 0 radical (unpaired) electrons. The van der Waals surface area contributed by atoms with Crippen LogP contribution >= 0.6 is 0 Å². The lowest BCUT2D eigenvalue weighted by Gasteiger charge is -2.10. The molecule has 3 aromatic rings. The zero-order valence-electron chi connectivity index (χ0n) is 15.8. The van der Waals surface area contributed by atoms with Gasteiger partial charge in [-0.2, -0.15) is 0 Å². The highest BCUT2D eigenvalue weighted by Gasteiger charge is 2.10. The van der Waals surface area contributed by atoms with Crippen LogP contribution in [-0.4, -0.2) is 36.6 Å². The molecule has 1 aromatic heterocycles. The highest BCUT2D eigenvalue weighted by molar-refractivity contribution is 6.04. The van der Waals surface area contributed by atoms with Crippen LogP contribution in [0.5, 0.6) is 11.5 Å². The van der Waals surface area contributed by atoms with E-state index in [0.717, 1.165) is 12.2 Å². The van der Waals surface area contributed by atoms with Crippen LogP contribution in [0.15, 0.2) is 60.9 Å². The summed E-state index contributed by atoms with van der Waals surface area (Å²) < 4.78 is 10.4. The molecule has 2 aromatic carbocycles. The molecular weight excluding hydrogens is 356 g/mol. The van der Waals surface area contributed by atoms with Crippen LogP contribution in [0.3, 0.4) is 0 Å². The third-order valence-corrected chi connectivity index (χ3v) is 4.13. The maximum absolute atomic E-state index is 12.4. The van der Waals surface area contributed by atoms with Gasteiger partial charge >= 0.3 is 0 Å². The van der Waals surface area contributed by atoms with Gasteiger partial charge in [0.05, 0.1) is 25.5 Å². The fourth-order valence-corrected chi connectivity index (χ4v) is 2.59. The molecule has 7 nitrogen and oxygen atoms in total. The van der Waals surface area contributed by atoms with Crippen LogP contribution in [0.4, 0.5) is 11.6 Å². The number of hydrogen-bond acceptors (Lipinski definition) is 6. The van der Waals surface area contributed by atoms with Crippen molar-refractivity contribution in [3.05, 3.63) is 72.1 Å². The van der Waals surface area contributed by atoms with E-state index in [4.69, 9.17) is 9.47 Å². The molecule has 0 atom stereocenters. The fourth-order valence-electron chi connectivity index (χ4n) is 2.59. The number of hydrogen-bond donors (Lipinski definition) is 2. The van der Waals surface area contributed by atoms with E-state index >= 15 is 0 Å². The first-order chi connectivity index (χ1) is 13.7. The Bertz CT molecular complexity index is 912. The first-order valence-corrected chi connectivity index (χ1v) is 8.83. The quantitative estimate of drug-likeness (QED) is 0.625. The van der Waals surface area contributed by atoms with Crippen molar-refractivity contribution in [2.75, 3.05) is 31.4 Å². The van der Waals surface area contributed by atoms with E-state index in [9.17, 15) is 4.79 Å². The number of ether oxygens (including phenoxy) is 2. The number of methoxy groups -OCH3 is 2. The monoisotopic (exact) mass is 378 g/mol. The number of carbonyl (C=O) groups is 1. The molecule has 0 bridgehead atoms. The van der Waals surface area contributed by atoms with Gasteiger partial charge in [0.25, 0.3) is 5.91 Å². The molecule has 28 heavy (non-hydrogen) atoms. The van der Waals surface area contributed by atoms with Gasteiger partial charge < -0.3 is 20.1 Å². The van der Waals surface area contributed by atoms with Crippen LogP contribution in [0.2, 0.25) is 0 Å². The van der Waals surface area contributed by atoms with E-state index in [-0.39, 0.29) is 5.91 Å². The lowest BCUT2D eigenvalue weighted by atomic mass is 10.1. The molecule has 0 aliphatic heterocycles. The molecule has 2 N–H and O–H groups in total. The van der Waals surface area contributed by atoms with Crippen molar-refractivity contribution in [2.24, 2.45) is 0 Å². The minimum absolute atomic E-state index is 0.297. The number of carbonyl (C=O) groups excluding carboxylic acids is 1.